The van der Waals surface area contributed by atoms with Gasteiger partial charge in [0.2, 0.25) is 0 Å². The van der Waals surface area contributed by atoms with Crippen molar-refractivity contribution in [2.24, 2.45) is 0 Å². The molecule has 0 bridgehead atoms. The SMILES string of the molecule is Clc1ccc(CC(Cc2ccccc2)c2ccc(Cl)cc2Cl)cc1. The number of benzene rings is 3. The molecule has 1 unspecified atom stereocenters. The highest BCUT2D eigenvalue weighted by molar-refractivity contribution is 6.35. The highest BCUT2D eigenvalue weighted by atomic mass is 35.5. The molecule has 0 radical (unpaired) electrons. The van der Waals surface area contributed by atoms with E-state index in [4.69, 9.17) is 34.8 Å². The van der Waals surface area contributed by atoms with Crippen LogP contribution in [-0.4, -0.2) is 0 Å². The lowest BCUT2D eigenvalue weighted by Gasteiger charge is -2.19. The van der Waals surface area contributed by atoms with Crippen LogP contribution in [0.5, 0.6) is 0 Å². The topological polar surface area (TPSA) is 0 Å². The summed E-state index contributed by atoms with van der Waals surface area (Å²) >= 11 is 18.5. The van der Waals surface area contributed by atoms with Gasteiger partial charge in [0.05, 0.1) is 0 Å². The predicted octanol–water partition coefficient (Wildman–Crippen LogP) is 7.22. The summed E-state index contributed by atoms with van der Waals surface area (Å²) in [4.78, 5) is 0. The number of hydrogen-bond acceptors (Lipinski definition) is 0. The second kappa shape index (κ2) is 8.07. The van der Waals surface area contributed by atoms with E-state index in [2.05, 4.69) is 36.4 Å². The van der Waals surface area contributed by atoms with Gasteiger partial charge in [-0.15, -0.1) is 0 Å². The zero-order valence-corrected chi connectivity index (χ0v) is 15.3. The van der Waals surface area contributed by atoms with Crippen molar-refractivity contribution in [3.63, 3.8) is 0 Å². The summed E-state index contributed by atoms with van der Waals surface area (Å²) in [6.07, 6.45) is 1.82. The van der Waals surface area contributed by atoms with Crippen LogP contribution in [-0.2, 0) is 12.8 Å². The molecule has 0 saturated heterocycles. The first kappa shape index (κ1) is 17.4. The van der Waals surface area contributed by atoms with Crippen molar-refractivity contribution < 1.29 is 0 Å². The third-order valence-electron chi connectivity index (χ3n) is 4.12. The first-order chi connectivity index (χ1) is 11.6. The largest absolute Gasteiger partial charge is 0.0843 e. The Kier molecular flexibility index (Phi) is 5.84. The van der Waals surface area contributed by atoms with Gasteiger partial charge >= 0.3 is 0 Å². The molecule has 3 rings (SSSR count). The molecule has 0 saturated carbocycles. The Morgan fingerprint density at radius 3 is 1.83 bits per heavy atom. The molecule has 0 N–H and O–H groups in total. The van der Waals surface area contributed by atoms with E-state index in [0.717, 1.165) is 28.5 Å². The van der Waals surface area contributed by atoms with E-state index in [1.165, 1.54) is 11.1 Å². The Bertz CT molecular complexity index is 795. The molecule has 0 aliphatic carbocycles. The van der Waals surface area contributed by atoms with Gasteiger partial charge in [-0.05, 0) is 59.7 Å². The Balaban J connectivity index is 1.92. The summed E-state index contributed by atoms with van der Waals surface area (Å²) in [5.41, 5.74) is 3.66. The van der Waals surface area contributed by atoms with Crippen LogP contribution in [0.1, 0.15) is 22.6 Å². The smallest absolute Gasteiger partial charge is 0.0455 e. The molecule has 0 aromatic heterocycles. The lowest BCUT2D eigenvalue weighted by molar-refractivity contribution is 0.680. The van der Waals surface area contributed by atoms with Crippen LogP contribution in [0.3, 0.4) is 0 Å². The molecule has 3 aromatic rings. The molecule has 0 spiro atoms. The molecule has 122 valence electrons. The van der Waals surface area contributed by atoms with Crippen molar-refractivity contribution in [1.29, 1.82) is 0 Å². The van der Waals surface area contributed by atoms with E-state index >= 15 is 0 Å². The number of halogens is 3. The van der Waals surface area contributed by atoms with Crippen LogP contribution in [0.2, 0.25) is 15.1 Å². The zero-order chi connectivity index (χ0) is 16.9. The zero-order valence-electron chi connectivity index (χ0n) is 13.1. The van der Waals surface area contributed by atoms with Gasteiger partial charge in [-0.2, -0.15) is 0 Å². The molecule has 24 heavy (non-hydrogen) atoms. The molecular weight excluding hydrogens is 359 g/mol. The highest BCUT2D eigenvalue weighted by Crippen LogP contribution is 2.32. The van der Waals surface area contributed by atoms with Crippen molar-refractivity contribution in [2.45, 2.75) is 18.8 Å². The molecule has 0 amide bonds. The van der Waals surface area contributed by atoms with E-state index in [0.29, 0.717) is 5.02 Å². The van der Waals surface area contributed by atoms with Crippen molar-refractivity contribution in [3.05, 3.63) is 105 Å². The molecule has 0 fully saturated rings. The van der Waals surface area contributed by atoms with E-state index in [1.807, 2.05) is 36.4 Å². The summed E-state index contributed by atoms with van der Waals surface area (Å²) in [6, 6.07) is 24.2. The molecule has 3 heteroatoms. The molecule has 3 aromatic carbocycles. The fraction of sp³-hybridized carbons (Fsp3) is 0.143. The van der Waals surface area contributed by atoms with Gasteiger partial charge < -0.3 is 0 Å². The van der Waals surface area contributed by atoms with Crippen LogP contribution in [0.25, 0.3) is 0 Å². The summed E-state index contributed by atoms with van der Waals surface area (Å²) in [5, 5.41) is 2.13. The maximum atomic E-state index is 6.48. The molecule has 0 aliphatic heterocycles. The summed E-state index contributed by atoms with van der Waals surface area (Å²) < 4.78 is 0. The maximum absolute atomic E-state index is 6.48. The lowest BCUT2D eigenvalue weighted by Crippen LogP contribution is -2.07. The fourth-order valence-corrected chi connectivity index (χ4v) is 3.62. The second-order valence-electron chi connectivity index (χ2n) is 5.88. The van der Waals surface area contributed by atoms with E-state index in [1.54, 1.807) is 0 Å². The third-order valence-corrected chi connectivity index (χ3v) is 4.94. The minimum atomic E-state index is 0.276. The average Bonchev–Trinajstić information content (AvgIpc) is 2.57. The van der Waals surface area contributed by atoms with Gasteiger partial charge in [-0.3, -0.25) is 0 Å². The lowest BCUT2D eigenvalue weighted by atomic mass is 9.86. The standard InChI is InChI=1S/C21H17Cl3/c22-18-8-6-16(7-9-18)13-17(12-15-4-2-1-3-5-15)20-11-10-19(23)14-21(20)24/h1-11,14,17H,12-13H2. The quantitative estimate of drug-likeness (QED) is 0.441. The fourth-order valence-electron chi connectivity index (χ4n) is 2.93. The van der Waals surface area contributed by atoms with Crippen LogP contribution in [0.15, 0.2) is 72.8 Å². The van der Waals surface area contributed by atoms with Crippen molar-refractivity contribution in [2.75, 3.05) is 0 Å². The molecule has 0 nitrogen and oxygen atoms in total. The number of hydrogen-bond donors (Lipinski definition) is 0. The maximum Gasteiger partial charge on any atom is 0.0455 e. The second-order valence-corrected chi connectivity index (χ2v) is 7.16. The van der Waals surface area contributed by atoms with Crippen molar-refractivity contribution >= 4 is 34.8 Å². The van der Waals surface area contributed by atoms with Gasteiger partial charge in [0.15, 0.2) is 0 Å². The first-order valence-corrected chi connectivity index (χ1v) is 8.98. The van der Waals surface area contributed by atoms with Crippen molar-refractivity contribution in [1.82, 2.24) is 0 Å². The van der Waals surface area contributed by atoms with E-state index in [9.17, 15) is 0 Å². The average molecular weight is 376 g/mol. The van der Waals surface area contributed by atoms with Gasteiger partial charge in [-0.1, -0.05) is 83.3 Å². The van der Waals surface area contributed by atoms with Crippen LogP contribution in [0.4, 0.5) is 0 Å². The minimum Gasteiger partial charge on any atom is -0.0843 e. The number of rotatable bonds is 5. The van der Waals surface area contributed by atoms with Crippen molar-refractivity contribution in [3.8, 4) is 0 Å². The predicted molar refractivity (Wildman–Crippen MR) is 105 cm³/mol. The third kappa shape index (κ3) is 4.54. The van der Waals surface area contributed by atoms with Gasteiger partial charge in [-0.25, -0.2) is 0 Å². The Morgan fingerprint density at radius 1 is 0.625 bits per heavy atom. The Hall–Kier alpha value is -1.47. The Morgan fingerprint density at radius 2 is 1.21 bits per heavy atom. The summed E-state index contributed by atoms with van der Waals surface area (Å²) in [5.74, 6) is 0.276. The van der Waals surface area contributed by atoms with Crippen LogP contribution in [0, 0.1) is 0 Å². The summed E-state index contributed by atoms with van der Waals surface area (Å²) in [7, 11) is 0. The molecule has 0 aliphatic rings. The van der Waals surface area contributed by atoms with Crippen LogP contribution < -0.4 is 0 Å². The Labute approximate surface area is 158 Å². The highest BCUT2D eigenvalue weighted by Gasteiger charge is 2.17. The van der Waals surface area contributed by atoms with Gasteiger partial charge in [0, 0.05) is 15.1 Å². The normalized spacial score (nSPS) is 12.1. The molecular formula is C21H17Cl3. The van der Waals surface area contributed by atoms with E-state index in [-0.39, 0.29) is 5.92 Å². The minimum absolute atomic E-state index is 0.276. The summed E-state index contributed by atoms with van der Waals surface area (Å²) in [6.45, 7) is 0. The van der Waals surface area contributed by atoms with Gasteiger partial charge in [0.25, 0.3) is 0 Å². The molecule has 0 heterocycles. The van der Waals surface area contributed by atoms with Gasteiger partial charge in [0.1, 0.15) is 0 Å². The first-order valence-electron chi connectivity index (χ1n) is 7.85. The monoisotopic (exact) mass is 374 g/mol. The van der Waals surface area contributed by atoms with E-state index < -0.39 is 0 Å². The molecule has 1 atom stereocenters. The van der Waals surface area contributed by atoms with Crippen LogP contribution >= 0.6 is 34.8 Å².